The summed E-state index contributed by atoms with van der Waals surface area (Å²) < 4.78 is 11.4. The maximum absolute atomic E-state index is 12.0. The van der Waals surface area contributed by atoms with Crippen LogP contribution in [0.15, 0.2) is 61.4 Å². The number of para-hydroxylation sites is 1. The third-order valence-corrected chi connectivity index (χ3v) is 5.20. The smallest absolute Gasteiger partial charge is 0.247 e. The Labute approximate surface area is 187 Å². The first-order chi connectivity index (χ1) is 15.7. The first-order valence-corrected chi connectivity index (χ1v) is 10.7. The third-order valence-electron chi connectivity index (χ3n) is 5.20. The molecule has 1 fully saturated rings. The van der Waals surface area contributed by atoms with Crippen LogP contribution in [0.3, 0.4) is 0 Å². The van der Waals surface area contributed by atoms with Gasteiger partial charge in [0, 0.05) is 36.8 Å². The summed E-state index contributed by atoms with van der Waals surface area (Å²) in [4.78, 5) is 23.2. The summed E-state index contributed by atoms with van der Waals surface area (Å²) in [5, 5.41) is 6.92. The molecule has 0 atom stereocenters. The number of fused-ring (bicyclic) bond motifs is 1. The fraction of sp³-hybridized carbons (Fsp3) is 0.292. The van der Waals surface area contributed by atoms with E-state index in [0.717, 1.165) is 55.9 Å². The summed E-state index contributed by atoms with van der Waals surface area (Å²) in [6.45, 7) is 8.47. The van der Waals surface area contributed by atoms with Gasteiger partial charge < -0.3 is 20.1 Å². The number of hydrogen-bond donors (Lipinski definition) is 2. The zero-order valence-electron chi connectivity index (χ0n) is 17.9. The Bertz CT molecular complexity index is 1070. The molecule has 166 valence electrons. The van der Waals surface area contributed by atoms with E-state index in [2.05, 4.69) is 32.1 Å². The van der Waals surface area contributed by atoms with Gasteiger partial charge in [-0.3, -0.25) is 9.69 Å². The maximum atomic E-state index is 12.0. The van der Waals surface area contributed by atoms with Gasteiger partial charge >= 0.3 is 0 Å². The number of amides is 1. The highest BCUT2D eigenvalue weighted by Crippen LogP contribution is 2.33. The molecule has 8 nitrogen and oxygen atoms in total. The molecule has 2 aromatic carbocycles. The lowest BCUT2D eigenvalue weighted by molar-refractivity contribution is -0.111. The zero-order valence-corrected chi connectivity index (χ0v) is 17.9. The number of benzene rings is 2. The summed E-state index contributed by atoms with van der Waals surface area (Å²) in [5.41, 5.74) is 2.19. The number of nitrogens with one attached hydrogen (secondary N) is 2. The Morgan fingerprint density at radius 2 is 2.00 bits per heavy atom. The van der Waals surface area contributed by atoms with Crippen LogP contribution in [0.2, 0.25) is 0 Å². The first-order valence-electron chi connectivity index (χ1n) is 10.7. The maximum Gasteiger partial charge on any atom is 0.247 e. The van der Waals surface area contributed by atoms with Crippen LogP contribution in [-0.4, -0.2) is 60.2 Å². The Hall–Kier alpha value is -3.49. The number of anilines is 3. The molecule has 32 heavy (non-hydrogen) atoms. The van der Waals surface area contributed by atoms with Gasteiger partial charge in [-0.25, -0.2) is 9.97 Å². The number of rotatable bonds is 9. The van der Waals surface area contributed by atoms with E-state index in [9.17, 15) is 4.79 Å². The van der Waals surface area contributed by atoms with Crippen LogP contribution in [0.1, 0.15) is 6.42 Å². The molecule has 1 amide bonds. The van der Waals surface area contributed by atoms with E-state index < -0.39 is 0 Å². The van der Waals surface area contributed by atoms with E-state index in [1.807, 2.05) is 42.5 Å². The summed E-state index contributed by atoms with van der Waals surface area (Å²) in [7, 11) is 0. The molecule has 0 radical (unpaired) electrons. The number of aromatic nitrogens is 2. The highest BCUT2D eigenvalue weighted by molar-refractivity contribution is 6.03. The summed E-state index contributed by atoms with van der Waals surface area (Å²) >= 11 is 0. The monoisotopic (exact) mass is 433 g/mol. The Balaban J connectivity index is 1.54. The topological polar surface area (TPSA) is 88.6 Å². The molecule has 8 heteroatoms. The predicted molar refractivity (Wildman–Crippen MR) is 125 cm³/mol. The minimum atomic E-state index is -0.308. The Morgan fingerprint density at radius 3 is 2.78 bits per heavy atom. The minimum Gasteiger partial charge on any atom is -0.491 e. The van der Waals surface area contributed by atoms with Crippen molar-refractivity contribution in [2.45, 2.75) is 6.42 Å². The first kappa shape index (κ1) is 21.7. The average molecular weight is 434 g/mol. The van der Waals surface area contributed by atoms with Gasteiger partial charge in [0.15, 0.2) is 0 Å². The quantitative estimate of drug-likeness (QED) is 0.394. The number of carbonyl (C=O) groups excluding carboxylic acids is 1. The molecule has 1 aliphatic heterocycles. The van der Waals surface area contributed by atoms with Crippen molar-refractivity contribution in [1.82, 2.24) is 14.9 Å². The van der Waals surface area contributed by atoms with Gasteiger partial charge in [-0.05, 0) is 30.7 Å². The van der Waals surface area contributed by atoms with E-state index in [1.54, 1.807) is 0 Å². The lowest BCUT2D eigenvalue weighted by Crippen LogP contribution is -2.37. The van der Waals surface area contributed by atoms with Crippen molar-refractivity contribution in [3.63, 3.8) is 0 Å². The van der Waals surface area contributed by atoms with Crippen LogP contribution in [0.4, 0.5) is 17.2 Å². The molecular formula is C24H27N5O3. The fourth-order valence-corrected chi connectivity index (χ4v) is 3.54. The van der Waals surface area contributed by atoms with Crippen molar-refractivity contribution in [2.24, 2.45) is 0 Å². The van der Waals surface area contributed by atoms with Crippen LogP contribution in [0.25, 0.3) is 10.9 Å². The molecule has 0 spiro atoms. The normalized spacial score (nSPS) is 14.1. The van der Waals surface area contributed by atoms with Crippen molar-refractivity contribution < 1.29 is 14.3 Å². The van der Waals surface area contributed by atoms with Crippen LogP contribution in [0.5, 0.6) is 5.75 Å². The lowest BCUT2D eigenvalue weighted by Gasteiger charge is -2.26. The number of nitrogens with zero attached hydrogens (tertiary/aromatic N) is 3. The van der Waals surface area contributed by atoms with Gasteiger partial charge in [-0.2, -0.15) is 0 Å². The number of hydrogen-bond acceptors (Lipinski definition) is 7. The van der Waals surface area contributed by atoms with Crippen molar-refractivity contribution in [3.05, 3.63) is 61.4 Å². The number of morpholine rings is 1. The van der Waals surface area contributed by atoms with Gasteiger partial charge in [-0.15, -0.1) is 0 Å². The van der Waals surface area contributed by atoms with Gasteiger partial charge in [0.2, 0.25) is 5.91 Å². The molecule has 2 N–H and O–H groups in total. The standard InChI is InChI=1S/C24H27N5O3/c1-2-23(30)28-21-15-19-20(25-17-26-24(19)27-18-7-4-3-5-8-18)16-22(21)32-12-6-9-29-10-13-31-14-11-29/h2-5,7-8,15-17H,1,6,9-14H2,(H,28,30)(H,25,26,27). The van der Waals surface area contributed by atoms with Gasteiger partial charge in [-0.1, -0.05) is 24.8 Å². The van der Waals surface area contributed by atoms with Gasteiger partial charge in [0.05, 0.1) is 31.0 Å². The molecule has 0 unspecified atom stereocenters. The Morgan fingerprint density at radius 1 is 1.19 bits per heavy atom. The van der Waals surface area contributed by atoms with Crippen LogP contribution >= 0.6 is 0 Å². The number of carbonyl (C=O) groups is 1. The lowest BCUT2D eigenvalue weighted by atomic mass is 10.1. The zero-order chi connectivity index (χ0) is 22.2. The van der Waals surface area contributed by atoms with Crippen molar-refractivity contribution in [2.75, 3.05) is 50.1 Å². The molecule has 0 aliphatic carbocycles. The minimum absolute atomic E-state index is 0.308. The van der Waals surface area contributed by atoms with Crippen molar-refractivity contribution in [1.29, 1.82) is 0 Å². The van der Waals surface area contributed by atoms with Crippen LogP contribution in [0, 0.1) is 0 Å². The van der Waals surface area contributed by atoms with Crippen molar-refractivity contribution in [3.8, 4) is 5.75 Å². The second-order valence-electron chi connectivity index (χ2n) is 7.43. The van der Waals surface area contributed by atoms with E-state index >= 15 is 0 Å². The molecule has 0 saturated carbocycles. The van der Waals surface area contributed by atoms with E-state index in [4.69, 9.17) is 9.47 Å². The second-order valence-corrected chi connectivity index (χ2v) is 7.43. The summed E-state index contributed by atoms with van der Waals surface area (Å²) in [6.07, 6.45) is 3.62. The molecule has 4 rings (SSSR count). The molecule has 1 aromatic heterocycles. The van der Waals surface area contributed by atoms with E-state index in [1.165, 1.54) is 12.4 Å². The van der Waals surface area contributed by atoms with Crippen LogP contribution in [-0.2, 0) is 9.53 Å². The molecule has 3 aromatic rings. The third kappa shape index (κ3) is 5.60. The van der Waals surface area contributed by atoms with Gasteiger partial charge in [0.1, 0.15) is 17.9 Å². The van der Waals surface area contributed by atoms with E-state index in [-0.39, 0.29) is 5.91 Å². The van der Waals surface area contributed by atoms with Crippen LogP contribution < -0.4 is 15.4 Å². The predicted octanol–water partition coefficient (Wildman–Crippen LogP) is 3.60. The molecular weight excluding hydrogens is 406 g/mol. The molecule has 1 aliphatic rings. The van der Waals surface area contributed by atoms with Crippen molar-refractivity contribution >= 4 is 34.0 Å². The average Bonchev–Trinajstić information content (AvgIpc) is 2.83. The largest absolute Gasteiger partial charge is 0.491 e. The Kier molecular flexibility index (Phi) is 7.27. The SMILES string of the molecule is C=CC(=O)Nc1cc2c(Nc3ccccc3)ncnc2cc1OCCCN1CCOCC1. The summed E-state index contributed by atoms with van der Waals surface area (Å²) in [6, 6.07) is 13.4. The highest BCUT2D eigenvalue weighted by atomic mass is 16.5. The van der Waals surface area contributed by atoms with E-state index in [0.29, 0.717) is 23.9 Å². The molecule has 1 saturated heterocycles. The molecule has 0 bridgehead atoms. The second kappa shape index (κ2) is 10.7. The van der Waals surface area contributed by atoms with Gasteiger partial charge in [0.25, 0.3) is 0 Å². The summed E-state index contributed by atoms with van der Waals surface area (Å²) in [5.74, 6) is 0.908. The fourth-order valence-electron chi connectivity index (χ4n) is 3.54. The highest BCUT2D eigenvalue weighted by Gasteiger charge is 2.14. The number of ether oxygens (including phenoxy) is 2. The molecule has 2 heterocycles.